The molecule has 172 valence electrons. The summed E-state index contributed by atoms with van der Waals surface area (Å²) in [5, 5.41) is 0. The van der Waals surface area contributed by atoms with Crippen molar-refractivity contribution < 1.29 is 35.9 Å². The van der Waals surface area contributed by atoms with Crippen LogP contribution in [0, 0.1) is 5.92 Å². The Balaban J connectivity index is 2.04. The Morgan fingerprint density at radius 3 is 2.29 bits per heavy atom. The smallest absolute Gasteiger partial charge is 0.406 e. The summed E-state index contributed by atoms with van der Waals surface area (Å²) >= 11 is 0. The normalized spacial score (nSPS) is 16.0. The molecule has 0 atom stereocenters. The van der Waals surface area contributed by atoms with Crippen LogP contribution < -0.4 is 0 Å². The van der Waals surface area contributed by atoms with Gasteiger partial charge in [0.05, 0.1) is 17.1 Å². The molecule has 31 heavy (non-hydrogen) atoms. The zero-order valence-electron chi connectivity index (χ0n) is 17.1. The first-order valence-electron chi connectivity index (χ1n) is 9.73. The van der Waals surface area contributed by atoms with E-state index < -0.39 is 40.5 Å². The predicted octanol–water partition coefficient (Wildman–Crippen LogP) is 2.84. The molecule has 0 aliphatic carbocycles. The number of piperidine rings is 1. The lowest BCUT2D eigenvalue weighted by atomic mass is 9.96. The summed E-state index contributed by atoms with van der Waals surface area (Å²) < 4.78 is 70.0. The van der Waals surface area contributed by atoms with Crippen molar-refractivity contribution in [1.82, 2.24) is 9.21 Å². The lowest BCUT2D eigenvalue weighted by Gasteiger charge is -2.33. The van der Waals surface area contributed by atoms with Crippen LogP contribution in [0.25, 0.3) is 0 Å². The fourth-order valence-corrected chi connectivity index (χ4v) is 4.80. The summed E-state index contributed by atoms with van der Waals surface area (Å²) in [4.78, 5) is 24.9. The van der Waals surface area contributed by atoms with Gasteiger partial charge in [-0.25, -0.2) is 13.2 Å². The van der Waals surface area contributed by atoms with Gasteiger partial charge in [-0.2, -0.15) is 17.5 Å². The highest BCUT2D eigenvalue weighted by Crippen LogP contribution is 2.27. The maximum absolute atomic E-state index is 12.8. The third-order valence-corrected chi connectivity index (χ3v) is 6.75. The van der Waals surface area contributed by atoms with Crippen LogP contribution in [0.15, 0.2) is 41.8 Å². The van der Waals surface area contributed by atoms with E-state index in [0.29, 0.717) is 4.90 Å². The molecule has 1 heterocycles. The molecule has 0 unspecified atom stereocenters. The topological polar surface area (TPSA) is 84.0 Å². The average molecular weight is 462 g/mol. The van der Waals surface area contributed by atoms with E-state index in [0.717, 1.165) is 0 Å². The second-order valence-corrected chi connectivity index (χ2v) is 8.98. The highest BCUT2D eigenvalue weighted by Gasteiger charge is 2.37. The number of carbonyl (C=O) groups is 2. The number of nitrogens with zero attached hydrogens (tertiary/aromatic N) is 2. The molecule has 0 spiro atoms. The fourth-order valence-electron chi connectivity index (χ4n) is 3.33. The first kappa shape index (κ1) is 24.9. The van der Waals surface area contributed by atoms with Crippen LogP contribution in [0.4, 0.5) is 13.2 Å². The van der Waals surface area contributed by atoms with Gasteiger partial charge in [0.2, 0.25) is 15.9 Å². The Morgan fingerprint density at radius 1 is 1.23 bits per heavy atom. The SMILES string of the molecule is C=CCN(CC(F)(F)F)C(=O)C1CCN(S(=O)(=O)c2ccc(C(=O)OCC)cc2)CC1. The molecular weight excluding hydrogens is 437 g/mol. The Kier molecular flexibility index (Phi) is 8.24. The highest BCUT2D eigenvalue weighted by atomic mass is 32.2. The third-order valence-electron chi connectivity index (χ3n) is 4.84. The number of benzene rings is 1. The number of hydrogen-bond acceptors (Lipinski definition) is 5. The Morgan fingerprint density at radius 2 is 1.81 bits per heavy atom. The minimum absolute atomic E-state index is 0.00626. The second kappa shape index (κ2) is 10.3. The van der Waals surface area contributed by atoms with E-state index in [1.165, 1.54) is 34.6 Å². The van der Waals surface area contributed by atoms with Crippen LogP contribution in [-0.4, -0.2) is 68.5 Å². The van der Waals surface area contributed by atoms with Crippen molar-refractivity contribution in [2.24, 2.45) is 5.92 Å². The number of halogens is 3. The molecular formula is C20H25F3N2O5S. The Bertz CT molecular complexity index is 892. The quantitative estimate of drug-likeness (QED) is 0.438. The van der Waals surface area contributed by atoms with Crippen molar-refractivity contribution in [3.05, 3.63) is 42.5 Å². The Labute approximate surface area is 179 Å². The zero-order chi connectivity index (χ0) is 23.2. The minimum Gasteiger partial charge on any atom is -0.462 e. The first-order valence-corrected chi connectivity index (χ1v) is 11.2. The number of amides is 1. The van der Waals surface area contributed by atoms with Crippen molar-refractivity contribution in [1.29, 1.82) is 0 Å². The van der Waals surface area contributed by atoms with Gasteiger partial charge in [0.1, 0.15) is 6.54 Å². The summed E-state index contributed by atoms with van der Waals surface area (Å²) in [6, 6.07) is 5.30. The van der Waals surface area contributed by atoms with E-state index in [1.54, 1.807) is 6.92 Å². The van der Waals surface area contributed by atoms with Gasteiger partial charge in [-0.1, -0.05) is 6.08 Å². The summed E-state index contributed by atoms with van der Waals surface area (Å²) in [5.41, 5.74) is 0.220. The first-order chi connectivity index (χ1) is 14.5. The number of esters is 1. The van der Waals surface area contributed by atoms with Gasteiger partial charge < -0.3 is 9.64 Å². The molecule has 0 N–H and O–H groups in total. The molecule has 1 aliphatic heterocycles. The van der Waals surface area contributed by atoms with Crippen molar-refractivity contribution >= 4 is 21.9 Å². The van der Waals surface area contributed by atoms with Crippen molar-refractivity contribution in [2.75, 3.05) is 32.8 Å². The molecule has 2 rings (SSSR count). The molecule has 1 aliphatic rings. The number of alkyl halides is 3. The maximum atomic E-state index is 12.8. The van der Waals surface area contributed by atoms with E-state index in [1.807, 2.05) is 0 Å². The molecule has 0 aromatic heterocycles. The van der Waals surface area contributed by atoms with Gasteiger partial charge in [0.25, 0.3) is 0 Å². The van der Waals surface area contributed by atoms with Gasteiger partial charge >= 0.3 is 12.1 Å². The number of hydrogen-bond donors (Lipinski definition) is 0. The van der Waals surface area contributed by atoms with Crippen molar-refractivity contribution in [3.8, 4) is 0 Å². The van der Waals surface area contributed by atoms with Crippen LogP contribution in [0.3, 0.4) is 0 Å². The summed E-state index contributed by atoms with van der Waals surface area (Å²) in [7, 11) is -3.87. The number of sulfonamides is 1. The van der Waals surface area contributed by atoms with Gasteiger partial charge in [0.15, 0.2) is 0 Å². The van der Waals surface area contributed by atoms with E-state index in [-0.39, 0.29) is 49.5 Å². The van der Waals surface area contributed by atoms with Crippen LogP contribution in [0.2, 0.25) is 0 Å². The van der Waals surface area contributed by atoms with E-state index in [9.17, 15) is 31.2 Å². The Hall–Kier alpha value is -2.40. The lowest BCUT2D eigenvalue weighted by Crippen LogP contribution is -2.46. The standard InChI is InChI=1S/C20H25F3N2O5S/c1-3-11-24(14-20(21,22)23)18(26)15-9-12-25(13-10-15)31(28,29)17-7-5-16(6-8-17)19(27)30-4-2/h3,5-8,15H,1,4,9-14H2,2H3. The zero-order valence-corrected chi connectivity index (χ0v) is 17.9. The second-order valence-electron chi connectivity index (χ2n) is 7.05. The van der Waals surface area contributed by atoms with Crippen LogP contribution in [0.5, 0.6) is 0 Å². The molecule has 0 radical (unpaired) electrons. The molecule has 0 bridgehead atoms. The highest BCUT2D eigenvalue weighted by molar-refractivity contribution is 7.89. The largest absolute Gasteiger partial charge is 0.462 e. The average Bonchev–Trinajstić information content (AvgIpc) is 2.72. The molecule has 11 heteroatoms. The maximum Gasteiger partial charge on any atom is 0.406 e. The van der Waals surface area contributed by atoms with Gasteiger partial charge in [0, 0.05) is 25.6 Å². The molecule has 0 saturated carbocycles. The van der Waals surface area contributed by atoms with Gasteiger partial charge in [-0.3, -0.25) is 4.79 Å². The lowest BCUT2D eigenvalue weighted by molar-refractivity contribution is -0.163. The van der Waals surface area contributed by atoms with E-state index in [2.05, 4.69) is 6.58 Å². The molecule has 1 saturated heterocycles. The minimum atomic E-state index is -4.53. The monoisotopic (exact) mass is 462 g/mol. The molecule has 1 aromatic carbocycles. The molecule has 7 nitrogen and oxygen atoms in total. The predicted molar refractivity (Wildman–Crippen MR) is 107 cm³/mol. The van der Waals surface area contributed by atoms with Gasteiger partial charge in [-0.05, 0) is 44.0 Å². The fraction of sp³-hybridized carbons (Fsp3) is 0.500. The molecule has 1 fully saturated rings. The van der Waals surface area contributed by atoms with Crippen molar-refractivity contribution in [3.63, 3.8) is 0 Å². The van der Waals surface area contributed by atoms with Crippen LogP contribution >= 0.6 is 0 Å². The van der Waals surface area contributed by atoms with E-state index in [4.69, 9.17) is 4.74 Å². The van der Waals surface area contributed by atoms with Crippen molar-refractivity contribution in [2.45, 2.75) is 30.8 Å². The van der Waals surface area contributed by atoms with E-state index >= 15 is 0 Å². The van der Waals surface area contributed by atoms with Gasteiger partial charge in [-0.15, -0.1) is 6.58 Å². The summed E-state index contributed by atoms with van der Waals surface area (Å²) in [5.74, 6) is -1.92. The summed E-state index contributed by atoms with van der Waals surface area (Å²) in [6.45, 7) is 3.65. The number of ether oxygens (including phenoxy) is 1. The molecule has 1 aromatic rings. The summed E-state index contributed by atoms with van der Waals surface area (Å²) in [6.07, 6.45) is -3.07. The van der Waals surface area contributed by atoms with Crippen LogP contribution in [-0.2, 0) is 19.6 Å². The third kappa shape index (κ3) is 6.54. The number of rotatable bonds is 8. The molecule has 1 amide bonds. The van der Waals surface area contributed by atoms with Crippen LogP contribution in [0.1, 0.15) is 30.1 Å². The number of carbonyl (C=O) groups excluding carboxylic acids is 2.